The van der Waals surface area contributed by atoms with Crippen molar-refractivity contribution < 1.29 is 23.0 Å². The van der Waals surface area contributed by atoms with Gasteiger partial charge in [-0.1, -0.05) is 6.07 Å². The summed E-state index contributed by atoms with van der Waals surface area (Å²) in [5.74, 6) is -1.94. The quantitative estimate of drug-likeness (QED) is 0.695. The van der Waals surface area contributed by atoms with Crippen molar-refractivity contribution in [3.8, 4) is 5.75 Å². The van der Waals surface area contributed by atoms with Crippen molar-refractivity contribution in [3.05, 3.63) is 59.2 Å². The number of methoxy groups -OCH3 is 1. The van der Waals surface area contributed by atoms with Crippen LogP contribution in [0.1, 0.15) is 15.9 Å². The molecule has 2 N–H and O–H groups in total. The van der Waals surface area contributed by atoms with E-state index >= 15 is 0 Å². The topological polar surface area (TPSA) is 61.5 Å². The fourth-order valence-corrected chi connectivity index (χ4v) is 1.76. The van der Waals surface area contributed by atoms with Gasteiger partial charge in [0.15, 0.2) is 0 Å². The summed E-state index contributed by atoms with van der Waals surface area (Å²) in [6.45, 7) is -0.355. The second kappa shape index (κ2) is 6.21. The first-order valence-corrected chi connectivity index (χ1v) is 6.06. The zero-order valence-corrected chi connectivity index (χ0v) is 11.2. The number of carbonyl (C=O) groups excluding carboxylic acids is 1. The maximum Gasteiger partial charge on any atom is 0.341 e. The van der Waals surface area contributed by atoms with Gasteiger partial charge in [0.05, 0.1) is 12.7 Å². The van der Waals surface area contributed by atoms with Crippen molar-refractivity contribution >= 4 is 11.7 Å². The highest BCUT2D eigenvalue weighted by molar-refractivity contribution is 5.93. The van der Waals surface area contributed by atoms with Crippen molar-refractivity contribution in [1.29, 1.82) is 0 Å². The van der Waals surface area contributed by atoms with Crippen molar-refractivity contribution in [2.24, 2.45) is 0 Å². The lowest BCUT2D eigenvalue weighted by Crippen LogP contribution is -2.08. The summed E-state index contributed by atoms with van der Waals surface area (Å²) < 4.78 is 37.0. The molecule has 6 heteroatoms. The molecule has 2 aromatic carbocycles. The Labute approximate surface area is 120 Å². The molecule has 110 valence electrons. The third-order valence-electron chi connectivity index (χ3n) is 2.84. The number of carbonyl (C=O) groups is 1. The van der Waals surface area contributed by atoms with Crippen LogP contribution in [0, 0.1) is 11.6 Å². The van der Waals surface area contributed by atoms with Crippen molar-refractivity contribution in [1.82, 2.24) is 0 Å². The van der Waals surface area contributed by atoms with Crippen LogP contribution in [-0.4, -0.2) is 13.1 Å². The van der Waals surface area contributed by atoms with Crippen molar-refractivity contribution in [3.63, 3.8) is 0 Å². The van der Waals surface area contributed by atoms with Crippen LogP contribution in [-0.2, 0) is 11.3 Å². The van der Waals surface area contributed by atoms with Crippen LogP contribution >= 0.6 is 0 Å². The largest absolute Gasteiger partial charge is 0.488 e. The normalized spacial score (nSPS) is 10.2. The summed E-state index contributed by atoms with van der Waals surface area (Å²) in [6.07, 6.45) is 0. The third kappa shape index (κ3) is 3.28. The van der Waals surface area contributed by atoms with Crippen LogP contribution in [0.15, 0.2) is 36.4 Å². The highest BCUT2D eigenvalue weighted by Crippen LogP contribution is 2.24. The van der Waals surface area contributed by atoms with Gasteiger partial charge < -0.3 is 15.2 Å². The SMILES string of the molecule is COC(=O)c1cc(N)ccc1OCc1c(F)cccc1F. The van der Waals surface area contributed by atoms with Gasteiger partial charge in [0, 0.05) is 5.69 Å². The number of esters is 1. The number of anilines is 1. The van der Waals surface area contributed by atoms with Gasteiger partial charge in [0.25, 0.3) is 0 Å². The molecule has 0 amide bonds. The Bertz CT molecular complexity index is 654. The minimum atomic E-state index is -0.718. The number of rotatable bonds is 4. The number of halogens is 2. The molecule has 0 unspecified atom stereocenters. The number of hydrogen-bond donors (Lipinski definition) is 1. The lowest BCUT2D eigenvalue weighted by Gasteiger charge is -2.12. The standard InChI is InChI=1S/C15H13F2NO3/c1-20-15(19)10-7-9(18)5-6-14(10)21-8-11-12(16)3-2-4-13(11)17/h2-7H,8,18H2,1H3. The van der Waals surface area contributed by atoms with E-state index in [4.69, 9.17) is 10.5 Å². The fraction of sp³-hybridized carbons (Fsp3) is 0.133. The van der Waals surface area contributed by atoms with Gasteiger partial charge in [0.2, 0.25) is 0 Å². The first kappa shape index (κ1) is 14.8. The Kier molecular flexibility index (Phi) is 4.37. The fourth-order valence-electron chi connectivity index (χ4n) is 1.76. The maximum atomic E-state index is 13.5. The van der Waals surface area contributed by atoms with E-state index < -0.39 is 17.6 Å². The Morgan fingerprint density at radius 1 is 1.19 bits per heavy atom. The maximum absolute atomic E-state index is 13.5. The van der Waals surface area contributed by atoms with Crippen LogP contribution < -0.4 is 10.5 Å². The number of nitrogen functional groups attached to an aromatic ring is 1. The van der Waals surface area contributed by atoms with E-state index in [-0.39, 0.29) is 23.5 Å². The molecule has 21 heavy (non-hydrogen) atoms. The van der Waals surface area contributed by atoms with Crippen LogP contribution in [0.2, 0.25) is 0 Å². The number of ether oxygens (including phenoxy) is 2. The first-order chi connectivity index (χ1) is 10.0. The van der Waals surface area contributed by atoms with Crippen molar-refractivity contribution in [2.45, 2.75) is 6.61 Å². The first-order valence-electron chi connectivity index (χ1n) is 6.06. The molecule has 0 fully saturated rings. The minimum absolute atomic E-state index is 0.0919. The summed E-state index contributed by atoms with van der Waals surface area (Å²) in [7, 11) is 1.21. The highest BCUT2D eigenvalue weighted by Gasteiger charge is 2.15. The average molecular weight is 293 g/mol. The van der Waals surface area contributed by atoms with Gasteiger partial charge in [-0.05, 0) is 30.3 Å². The average Bonchev–Trinajstić information content (AvgIpc) is 2.47. The Morgan fingerprint density at radius 2 is 1.86 bits per heavy atom. The number of nitrogens with two attached hydrogens (primary N) is 1. The van der Waals surface area contributed by atoms with E-state index in [0.717, 1.165) is 12.1 Å². The molecule has 0 spiro atoms. The molecule has 0 saturated carbocycles. The molecular weight excluding hydrogens is 280 g/mol. The smallest absolute Gasteiger partial charge is 0.341 e. The van der Waals surface area contributed by atoms with Gasteiger partial charge in [-0.15, -0.1) is 0 Å². The van der Waals surface area contributed by atoms with Gasteiger partial charge in [-0.3, -0.25) is 0 Å². The lowest BCUT2D eigenvalue weighted by atomic mass is 10.1. The Balaban J connectivity index is 2.26. The van der Waals surface area contributed by atoms with Gasteiger partial charge >= 0.3 is 5.97 Å². The van der Waals surface area contributed by atoms with E-state index in [1.807, 2.05) is 0 Å². The monoisotopic (exact) mass is 293 g/mol. The summed E-state index contributed by atoms with van der Waals surface area (Å²) in [4.78, 5) is 11.6. The van der Waals surface area contributed by atoms with Crippen LogP contribution in [0.3, 0.4) is 0 Å². The lowest BCUT2D eigenvalue weighted by molar-refractivity contribution is 0.0595. The number of benzene rings is 2. The van der Waals surface area contributed by atoms with E-state index in [9.17, 15) is 13.6 Å². The predicted molar refractivity (Wildman–Crippen MR) is 72.9 cm³/mol. The van der Waals surface area contributed by atoms with Crippen molar-refractivity contribution in [2.75, 3.05) is 12.8 Å². The third-order valence-corrected chi connectivity index (χ3v) is 2.84. The molecule has 0 saturated heterocycles. The van der Waals surface area contributed by atoms with E-state index in [0.29, 0.717) is 5.69 Å². The van der Waals surface area contributed by atoms with Gasteiger partial charge in [-0.25, -0.2) is 13.6 Å². The number of hydrogen-bond acceptors (Lipinski definition) is 4. The molecule has 2 rings (SSSR count). The molecule has 0 aliphatic carbocycles. The van der Waals surface area contributed by atoms with E-state index in [1.165, 1.54) is 31.4 Å². The zero-order chi connectivity index (χ0) is 15.4. The van der Waals surface area contributed by atoms with E-state index in [2.05, 4.69) is 4.74 Å². The van der Waals surface area contributed by atoms with Crippen LogP contribution in [0.5, 0.6) is 5.75 Å². The Morgan fingerprint density at radius 3 is 2.48 bits per heavy atom. The van der Waals surface area contributed by atoms with E-state index in [1.54, 1.807) is 0 Å². The van der Waals surface area contributed by atoms with Crippen LogP contribution in [0.25, 0.3) is 0 Å². The van der Waals surface area contributed by atoms with Crippen LogP contribution in [0.4, 0.5) is 14.5 Å². The highest BCUT2D eigenvalue weighted by atomic mass is 19.1. The van der Waals surface area contributed by atoms with Gasteiger partial charge in [-0.2, -0.15) is 0 Å². The predicted octanol–water partition coefficient (Wildman–Crippen LogP) is 2.91. The molecule has 2 aromatic rings. The van der Waals surface area contributed by atoms with Gasteiger partial charge in [0.1, 0.15) is 29.6 Å². The molecule has 4 nitrogen and oxygen atoms in total. The summed E-state index contributed by atoms with van der Waals surface area (Å²) >= 11 is 0. The molecule has 0 heterocycles. The molecular formula is C15H13F2NO3. The molecule has 0 aliphatic rings. The minimum Gasteiger partial charge on any atom is -0.488 e. The zero-order valence-electron chi connectivity index (χ0n) is 11.2. The Hall–Kier alpha value is -2.63. The molecule has 0 radical (unpaired) electrons. The molecule has 0 atom stereocenters. The summed E-state index contributed by atoms with van der Waals surface area (Å²) in [6, 6.07) is 7.86. The second-order valence-electron chi connectivity index (χ2n) is 4.24. The second-order valence-corrected chi connectivity index (χ2v) is 4.24. The summed E-state index contributed by atoms with van der Waals surface area (Å²) in [5, 5.41) is 0. The molecule has 0 bridgehead atoms. The molecule has 0 aliphatic heterocycles. The molecule has 0 aromatic heterocycles. The summed E-state index contributed by atoms with van der Waals surface area (Å²) in [5.41, 5.74) is 5.81.